The Morgan fingerprint density at radius 1 is 1.40 bits per heavy atom. The molecular weight excluding hydrogens is 278 g/mol. The van der Waals surface area contributed by atoms with E-state index in [1.165, 1.54) is 6.20 Å². The van der Waals surface area contributed by atoms with Gasteiger partial charge >= 0.3 is 5.97 Å². The van der Waals surface area contributed by atoms with Crippen LogP contribution in [-0.4, -0.2) is 27.0 Å². The number of rotatable bonds is 4. The maximum absolute atomic E-state index is 12.0. The van der Waals surface area contributed by atoms with Crippen molar-refractivity contribution in [2.24, 2.45) is 0 Å². The molecule has 1 aliphatic carbocycles. The van der Waals surface area contributed by atoms with E-state index in [1.807, 2.05) is 0 Å². The number of carboxylic acid groups (broad SMARTS) is 1. The Kier molecular flexibility index (Phi) is 3.19. The molecule has 0 aromatic carbocycles. The quantitative estimate of drug-likeness (QED) is 0.901. The van der Waals surface area contributed by atoms with Crippen molar-refractivity contribution in [3.8, 4) is 0 Å². The van der Waals surface area contributed by atoms with Crippen molar-refractivity contribution in [2.75, 3.05) is 5.32 Å². The second-order valence-corrected chi connectivity index (χ2v) is 5.51. The summed E-state index contributed by atoms with van der Waals surface area (Å²) >= 11 is 0.996. The summed E-state index contributed by atoms with van der Waals surface area (Å²) in [5, 5.41) is 12.1. The Labute approximate surface area is 118 Å². The number of amides is 1. The SMILES string of the molecule is O=C(Nc1nc(C2CC2)c(C(=O)O)s1)c1cccnc1. The molecular formula is C13H11N3O3S. The molecule has 102 valence electrons. The van der Waals surface area contributed by atoms with Crippen LogP contribution in [-0.2, 0) is 0 Å². The number of carboxylic acids is 1. The molecule has 0 spiro atoms. The zero-order valence-corrected chi connectivity index (χ0v) is 11.2. The van der Waals surface area contributed by atoms with Gasteiger partial charge in [0.2, 0.25) is 0 Å². The number of carbonyl (C=O) groups is 2. The molecule has 0 bridgehead atoms. The van der Waals surface area contributed by atoms with Crippen molar-refractivity contribution in [1.29, 1.82) is 0 Å². The summed E-state index contributed by atoms with van der Waals surface area (Å²) in [5.41, 5.74) is 0.997. The van der Waals surface area contributed by atoms with Gasteiger partial charge in [-0.15, -0.1) is 0 Å². The van der Waals surface area contributed by atoms with Gasteiger partial charge in [0.25, 0.3) is 5.91 Å². The van der Waals surface area contributed by atoms with E-state index < -0.39 is 5.97 Å². The van der Waals surface area contributed by atoms with Crippen LogP contribution in [0.1, 0.15) is 44.5 Å². The normalized spacial score (nSPS) is 14.0. The molecule has 3 rings (SSSR count). The Morgan fingerprint density at radius 2 is 2.20 bits per heavy atom. The summed E-state index contributed by atoms with van der Waals surface area (Å²) in [7, 11) is 0. The van der Waals surface area contributed by atoms with E-state index in [-0.39, 0.29) is 16.7 Å². The van der Waals surface area contributed by atoms with Gasteiger partial charge in [-0.2, -0.15) is 0 Å². The second-order valence-electron chi connectivity index (χ2n) is 4.51. The monoisotopic (exact) mass is 289 g/mol. The van der Waals surface area contributed by atoms with E-state index in [2.05, 4.69) is 15.3 Å². The molecule has 2 heterocycles. The van der Waals surface area contributed by atoms with Gasteiger partial charge < -0.3 is 5.11 Å². The van der Waals surface area contributed by atoms with Crippen molar-refractivity contribution in [3.05, 3.63) is 40.7 Å². The van der Waals surface area contributed by atoms with E-state index in [1.54, 1.807) is 18.3 Å². The average molecular weight is 289 g/mol. The van der Waals surface area contributed by atoms with E-state index in [0.29, 0.717) is 16.4 Å². The summed E-state index contributed by atoms with van der Waals surface area (Å²) in [6.07, 6.45) is 4.94. The lowest BCUT2D eigenvalue weighted by Gasteiger charge is -1.99. The van der Waals surface area contributed by atoms with Crippen LogP contribution in [0.4, 0.5) is 5.13 Å². The number of aromatic nitrogens is 2. The van der Waals surface area contributed by atoms with Gasteiger partial charge in [-0.1, -0.05) is 11.3 Å². The number of aromatic carboxylic acids is 1. The number of carbonyl (C=O) groups excluding carboxylic acids is 1. The first-order valence-electron chi connectivity index (χ1n) is 6.10. The minimum absolute atomic E-state index is 0.217. The van der Waals surface area contributed by atoms with Crippen LogP contribution in [0, 0.1) is 0 Å². The maximum Gasteiger partial charge on any atom is 0.347 e. The highest BCUT2D eigenvalue weighted by Gasteiger charge is 2.32. The third kappa shape index (κ3) is 2.53. The minimum Gasteiger partial charge on any atom is -0.477 e. The van der Waals surface area contributed by atoms with Crippen LogP contribution in [0.15, 0.2) is 24.5 Å². The molecule has 1 aliphatic rings. The van der Waals surface area contributed by atoms with Crippen molar-refractivity contribution in [3.63, 3.8) is 0 Å². The third-order valence-electron chi connectivity index (χ3n) is 2.96. The van der Waals surface area contributed by atoms with Crippen LogP contribution < -0.4 is 5.32 Å². The van der Waals surface area contributed by atoms with E-state index in [0.717, 1.165) is 24.2 Å². The van der Waals surface area contributed by atoms with Gasteiger partial charge in [0.05, 0.1) is 11.3 Å². The van der Waals surface area contributed by atoms with Crippen molar-refractivity contribution < 1.29 is 14.7 Å². The number of thiazole rings is 1. The number of hydrogen-bond acceptors (Lipinski definition) is 5. The number of nitrogens with one attached hydrogen (secondary N) is 1. The molecule has 1 fully saturated rings. The first kappa shape index (κ1) is 12.7. The maximum atomic E-state index is 12.0. The molecule has 0 unspecified atom stereocenters. The molecule has 1 amide bonds. The van der Waals surface area contributed by atoms with Crippen molar-refractivity contribution in [1.82, 2.24) is 9.97 Å². The van der Waals surface area contributed by atoms with Gasteiger partial charge in [-0.25, -0.2) is 9.78 Å². The summed E-state index contributed by atoms with van der Waals surface area (Å²) in [4.78, 5) is 31.5. The number of pyridine rings is 1. The van der Waals surface area contributed by atoms with Crippen LogP contribution >= 0.6 is 11.3 Å². The van der Waals surface area contributed by atoms with E-state index in [4.69, 9.17) is 5.11 Å². The average Bonchev–Trinajstić information content (AvgIpc) is 3.21. The van der Waals surface area contributed by atoms with Crippen molar-refractivity contribution >= 4 is 28.3 Å². The molecule has 20 heavy (non-hydrogen) atoms. The Hall–Kier alpha value is -2.28. The topological polar surface area (TPSA) is 92.2 Å². The van der Waals surface area contributed by atoms with E-state index in [9.17, 15) is 9.59 Å². The molecule has 2 aromatic rings. The predicted molar refractivity (Wildman–Crippen MR) is 73.2 cm³/mol. The van der Waals surface area contributed by atoms with Crippen molar-refractivity contribution in [2.45, 2.75) is 18.8 Å². The number of hydrogen-bond donors (Lipinski definition) is 2. The lowest BCUT2D eigenvalue weighted by molar-refractivity contribution is 0.0700. The molecule has 0 radical (unpaired) electrons. The lowest BCUT2D eigenvalue weighted by atomic mass is 10.2. The highest BCUT2D eigenvalue weighted by atomic mass is 32.1. The fraction of sp³-hybridized carbons (Fsp3) is 0.231. The fourth-order valence-corrected chi connectivity index (χ4v) is 2.72. The lowest BCUT2D eigenvalue weighted by Crippen LogP contribution is -2.11. The minimum atomic E-state index is -0.994. The van der Waals surface area contributed by atoms with Gasteiger partial charge in [-0.3, -0.25) is 15.1 Å². The van der Waals surface area contributed by atoms with Gasteiger partial charge in [0, 0.05) is 18.3 Å². The fourth-order valence-electron chi connectivity index (χ4n) is 1.84. The van der Waals surface area contributed by atoms with Crippen LogP contribution in [0.25, 0.3) is 0 Å². The molecule has 1 saturated carbocycles. The standard InChI is InChI=1S/C13H11N3O3S/c17-11(8-2-1-5-14-6-8)16-13-15-9(7-3-4-7)10(20-13)12(18)19/h1-2,5-7H,3-4H2,(H,18,19)(H,15,16,17). The molecule has 0 aliphatic heterocycles. The highest BCUT2D eigenvalue weighted by molar-refractivity contribution is 7.17. The largest absolute Gasteiger partial charge is 0.477 e. The molecule has 7 heteroatoms. The Bertz CT molecular complexity index is 665. The molecule has 6 nitrogen and oxygen atoms in total. The van der Waals surface area contributed by atoms with Gasteiger partial charge in [0.15, 0.2) is 5.13 Å². The first-order chi connectivity index (χ1) is 9.65. The number of anilines is 1. The molecule has 0 atom stereocenters. The Morgan fingerprint density at radius 3 is 2.80 bits per heavy atom. The Balaban J connectivity index is 1.83. The third-order valence-corrected chi connectivity index (χ3v) is 3.93. The molecule has 2 aromatic heterocycles. The summed E-state index contributed by atoms with van der Waals surface area (Å²) in [6, 6.07) is 3.30. The van der Waals surface area contributed by atoms with Crippen LogP contribution in [0.3, 0.4) is 0 Å². The highest BCUT2D eigenvalue weighted by Crippen LogP contribution is 2.43. The summed E-state index contributed by atoms with van der Waals surface area (Å²) in [6.45, 7) is 0. The van der Waals surface area contributed by atoms with Crippen LogP contribution in [0.5, 0.6) is 0 Å². The summed E-state index contributed by atoms with van der Waals surface area (Å²) < 4.78 is 0. The van der Waals surface area contributed by atoms with Crippen LogP contribution in [0.2, 0.25) is 0 Å². The smallest absolute Gasteiger partial charge is 0.347 e. The predicted octanol–water partition coefficient (Wildman–Crippen LogP) is 2.37. The molecule has 0 saturated heterocycles. The van der Waals surface area contributed by atoms with E-state index >= 15 is 0 Å². The molecule has 2 N–H and O–H groups in total. The number of nitrogens with zero attached hydrogens (tertiary/aromatic N) is 2. The zero-order chi connectivity index (χ0) is 14.1. The zero-order valence-electron chi connectivity index (χ0n) is 10.4. The van der Waals surface area contributed by atoms with Gasteiger partial charge in [-0.05, 0) is 25.0 Å². The first-order valence-corrected chi connectivity index (χ1v) is 6.92. The summed E-state index contributed by atoms with van der Waals surface area (Å²) in [5.74, 6) is -1.11. The second kappa shape index (κ2) is 5.01. The van der Waals surface area contributed by atoms with Gasteiger partial charge in [0.1, 0.15) is 4.88 Å².